The summed E-state index contributed by atoms with van der Waals surface area (Å²) in [6, 6.07) is 24.7. The van der Waals surface area contributed by atoms with Gasteiger partial charge in [-0.3, -0.25) is 0 Å². The molecule has 0 radical (unpaired) electrons. The lowest BCUT2D eigenvalue weighted by molar-refractivity contribution is 0.844. The number of nitrogens with zero attached hydrogens (tertiary/aromatic N) is 1. The van der Waals surface area contributed by atoms with Crippen molar-refractivity contribution in [2.75, 3.05) is 11.5 Å². The van der Waals surface area contributed by atoms with E-state index in [1.165, 1.54) is 5.56 Å². The van der Waals surface area contributed by atoms with Crippen molar-refractivity contribution in [2.45, 2.75) is 19.3 Å². The van der Waals surface area contributed by atoms with Gasteiger partial charge in [0.1, 0.15) is 11.6 Å². The molecule has 0 saturated carbocycles. The summed E-state index contributed by atoms with van der Waals surface area (Å²) in [5.74, 6) is 0.891. The van der Waals surface area contributed by atoms with Crippen LogP contribution in [0.4, 0.5) is 11.6 Å². The molecule has 0 bridgehead atoms. The third kappa shape index (κ3) is 4.70. The molecule has 0 atom stereocenters. The highest BCUT2D eigenvalue weighted by atomic mass is 14.9. The second-order valence-electron chi connectivity index (χ2n) is 6.07. The molecule has 0 fully saturated rings. The molecular weight excluding hydrogens is 306 g/mol. The molecule has 0 aliphatic rings. The van der Waals surface area contributed by atoms with E-state index in [1.54, 1.807) is 0 Å². The summed E-state index contributed by atoms with van der Waals surface area (Å²) in [5, 5.41) is 0. The monoisotopic (exact) mass is 329 g/mol. The summed E-state index contributed by atoms with van der Waals surface area (Å²) in [4.78, 5) is 4.07. The van der Waals surface area contributed by atoms with Crippen molar-refractivity contribution in [3.05, 3.63) is 95.6 Å². The number of rotatable bonds is 6. The number of nitrogens with two attached hydrogens (primary N) is 2. The minimum Gasteiger partial charge on any atom is -0.384 e. The van der Waals surface area contributed by atoms with E-state index in [0.29, 0.717) is 11.6 Å². The van der Waals surface area contributed by atoms with Gasteiger partial charge in [-0.25, -0.2) is 4.98 Å². The molecule has 1 aromatic heterocycles. The van der Waals surface area contributed by atoms with E-state index >= 15 is 0 Å². The first-order chi connectivity index (χ1) is 12.2. The zero-order chi connectivity index (χ0) is 17.5. The molecule has 25 heavy (non-hydrogen) atoms. The van der Waals surface area contributed by atoms with Crippen LogP contribution in [0, 0.1) is 0 Å². The minimum atomic E-state index is 0.445. The number of benzene rings is 2. The van der Waals surface area contributed by atoms with Crippen LogP contribution in [0.15, 0.2) is 78.9 Å². The number of hydrogen-bond acceptors (Lipinski definition) is 3. The van der Waals surface area contributed by atoms with Crippen LogP contribution in [0.25, 0.3) is 5.57 Å². The largest absolute Gasteiger partial charge is 0.384 e. The predicted molar refractivity (Wildman–Crippen MR) is 106 cm³/mol. The van der Waals surface area contributed by atoms with E-state index in [0.717, 1.165) is 36.0 Å². The zero-order valence-corrected chi connectivity index (χ0v) is 14.2. The number of nitrogen functional groups attached to an aromatic ring is 2. The molecule has 0 aliphatic carbocycles. The summed E-state index contributed by atoms with van der Waals surface area (Å²) < 4.78 is 0. The number of hydrogen-bond donors (Lipinski definition) is 2. The Labute approximate surface area is 149 Å². The second-order valence-corrected chi connectivity index (χ2v) is 6.07. The first-order valence-corrected chi connectivity index (χ1v) is 8.55. The maximum atomic E-state index is 5.89. The highest BCUT2D eigenvalue weighted by Crippen LogP contribution is 2.26. The molecule has 0 spiro atoms. The average molecular weight is 329 g/mol. The Balaban J connectivity index is 1.81. The van der Waals surface area contributed by atoms with Crippen LogP contribution >= 0.6 is 0 Å². The van der Waals surface area contributed by atoms with Crippen LogP contribution in [0.2, 0.25) is 0 Å². The van der Waals surface area contributed by atoms with Crippen molar-refractivity contribution in [2.24, 2.45) is 0 Å². The van der Waals surface area contributed by atoms with E-state index in [4.69, 9.17) is 11.5 Å². The summed E-state index contributed by atoms with van der Waals surface area (Å²) in [6.07, 6.45) is 5.42. The van der Waals surface area contributed by atoms with Gasteiger partial charge < -0.3 is 11.5 Å². The lowest BCUT2D eigenvalue weighted by Crippen LogP contribution is -1.99. The van der Waals surface area contributed by atoms with Crippen LogP contribution in [-0.2, 0) is 6.42 Å². The molecule has 3 heteroatoms. The van der Waals surface area contributed by atoms with Crippen LogP contribution in [-0.4, -0.2) is 4.98 Å². The minimum absolute atomic E-state index is 0.445. The fourth-order valence-corrected chi connectivity index (χ4v) is 2.95. The van der Waals surface area contributed by atoms with Gasteiger partial charge in [0.15, 0.2) is 0 Å². The molecule has 3 rings (SSSR count). The Morgan fingerprint density at radius 2 is 1.40 bits per heavy atom. The van der Waals surface area contributed by atoms with Crippen LogP contribution in [0.5, 0.6) is 0 Å². The van der Waals surface area contributed by atoms with Crippen molar-refractivity contribution in [3.63, 3.8) is 0 Å². The number of aromatic nitrogens is 1. The summed E-state index contributed by atoms with van der Waals surface area (Å²) >= 11 is 0. The Morgan fingerprint density at radius 1 is 0.800 bits per heavy atom. The van der Waals surface area contributed by atoms with Crippen molar-refractivity contribution >= 4 is 17.2 Å². The van der Waals surface area contributed by atoms with Crippen molar-refractivity contribution in [1.82, 2.24) is 4.98 Å². The molecule has 0 amide bonds. The lowest BCUT2D eigenvalue weighted by Gasteiger charge is -2.10. The standard InChI is InChI=1S/C22H23N3/c23-21-15-19(16-22(24)25-21)20(18-12-5-2-6-13-18)14-8-7-11-17-9-3-1-4-10-17/h1-6,9-10,12-16H,7-8,11H2,(H4,23,24,25)/b20-14-. The van der Waals surface area contributed by atoms with E-state index in [-0.39, 0.29) is 0 Å². The first-order valence-electron chi connectivity index (χ1n) is 8.55. The number of unbranched alkanes of at least 4 members (excludes halogenated alkanes) is 1. The molecule has 3 aromatic rings. The first kappa shape index (κ1) is 16.8. The lowest BCUT2D eigenvalue weighted by atomic mass is 9.96. The van der Waals surface area contributed by atoms with Gasteiger partial charge >= 0.3 is 0 Å². The van der Waals surface area contributed by atoms with Gasteiger partial charge in [-0.05, 0) is 53.7 Å². The summed E-state index contributed by atoms with van der Waals surface area (Å²) in [6.45, 7) is 0. The molecule has 2 aromatic carbocycles. The van der Waals surface area contributed by atoms with E-state index < -0.39 is 0 Å². The highest BCUT2D eigenvalue weighted by molar-refractivity contribution is 5.81. The average Bonchev–Trinajstić information content (AvgIpc) is 2.62. The normalized spacial score (nSPS) is 11.4. The molecule has 3 nitrogen and oxygen atoms in total. The number of pyridine rings is 1. The van der Waals surface area contributed by atoms with Crippen LogP contribution in [0.3, 0.4) is 0 Å². The maximum Gasteiger partial charge on any atom is 0.126 e. The van der Waals surface area contributed by atoms with Crippen molar-refractivity contribution in [3.8, 4) is 0 Å². The second kappa shape index (κ2) is 8.15. The topological polar surface area (TPSA) is 64.9 Å². The molecule has 1 heterocycles. The molecule has 0 unspecified atom stereocenters. The van der Waals surface area contributed by atoms with Crippen LogP contribution < -0.4 is 11.5 Å². The Hall–Kier alpha value is -3.07. The van der Waals surface area contributed by atoms with Gasteiger partial charge in [0, 0.05) is 0 Å². The van der Waals surface area contributed by atoms with E-state index in [2.05, 4.69) is 53.5 Å². The maximum absolute atomic E-state index is 5.89. The fourth-order valence-electron chi connectivity index (χ4n) is 2.95. The van der Waals surface area contributed by atoms with Gasteiger partial charge in [0.25, 0.3) is 0 Å². The number of anilines is 2. The van der Waals surface area contributed by atoms with Crippen molar-refractivity contribution in [1.29, 1.82) is 0 Å². The Kier molecular flexibility index (Phi) is 5.47. The third-order valence-electron chi connectivity index (χ3n) is 4.12. The third-order valence-corrected chi connectivity index (χ3v) is 4.12. The van der Waals surface area contributed by atoms with Gasteiger partial charge in [-0.2, -0.15) is 0 Å². The van der Waals surface area contributed by atoms with E-state index in [9.17, 15) is 0 Å². The number of allylic oxidation sites excluding steroid dienone is 1. The number of aryl methyl sites for hydroxylation is 1. The fraction of sp³-hybridized carbons (Fsp3) is 0.136. The Bertz CT molecular complexity index is 819. The SMILES string of the molecule is Nc1cc(/C(=C\CCCc2ccccc2)c2ccccc2)cc(N)n1. The highest BCUT2D eigenvalue weighted by Gasteiger charge is 2.07. The quantitative estimate of drug-likeness (QED) is 0.644. The molecule has 126 valence electrons. The molecule has 0 saturated heterocycles. The molecule has 4 N–H and O–H groups in total. The predicted octanol–water partition coefficient (Wildman–Crippen LogP) is 4.70. The smallest absolute Gasteiger partial charge is 0.126 e. The van der Waals surface area contributed by atoms with E-state index in [1.807, 2.05) is 30.3 Å². The molecule has 0 aliphatic heterocycles. The van der Waals surface area contributed by atoms with Crippen molar-refractivity contribution < 1.29 is 0 Å². The zero-order valence-electron chi connectivity index (χ0n) is 14.2. The summed E-state index contributed by atoms with van der Waals surface area (Å²) in [7, 11) is 0. The Morgan fingerprint density at radius 3 is 2.04 bits per heavy atom. The summed E-state index contributed by atoms with van der Waals surface area (Å²) in [5.41, 5.74) is 16.5. The molecular formula is C22H23N3. The van der Waals surface area contributed by atoms with Crippen LogP contribution in [0.1, 0.15) is 29.5 Å². The van der Waals surface area contributed by atoms with Gasteiger partial charge in [0.05, 0.1) is 0 Å². The van der Waals surface area contributed by atoms with Gasteiger partial charge in [-0.15, -0.1) is 0 Å². The van der Waals surface area contributed by atoms with Gasteiger partial charge in [0.2, 0.25) is 0 Å². The van der Waals surface area contributed by atoms with Gasteiger partial charge in [-0.1, -0.05) is 66.7 Å².